The van der Waals surface area contributed by atoms with Crippen LogP contribution in [-0.4, -0.2) is 20.4 Å². The van der Waals surface area contributed by atoms with E-state index in [0.717, 1.165) is 27.8 Å². The maximum Gasteiger partial charge on any atom is 0.276 e. The third-order valence-corrected chi connectivity index (χ3v) is 5.33. The van der Waals surface area contributed by atoms with Gasteiger partial charge in [-0.25, -0.2) is 4.98 Å². The Morgan fingerprint density at radius 2 is 2.12 bits per heavy atom. The average Bonchev–Trinajstić information content (AvgIpc) is 2.92. The van der Waals surface area contributed by atoms with Gasteiger partial charge in [-0.2, -0.15) is 0 Å². The molecule has 0 aliphatic carbocycles. The van der Waals surface area contributed by atoms with Crippen molar-refractivity contribution in [2.75, 3.05) is 5.32 Å². The van der Waals surface area contributed by atoms with Crippen LogP contribution >= 0.6 is 23.4 Å². The van der Waals surface area contributed by atoms with Crippen LogP contribution in [0.25, 0.3) is 5.69 Å². The maximum absolute atomic E-state index is 12.7. The lowest BCUT2D eigenvalue weighted by Gasteiger charge is -2.20. The number of hydrogen-bond donors (Lipinski definition) is 1. The van der Waals surface area contributed by atoms with Crippen molar-refractivity contribution >= 4 is 35.0 Å². The summed E-state index contributed by atoms with van der Waals surface area (Å²) in [4.78, 5) is 22.5. The standard InChI is InChI=1S/C18H15ClN4OS/c1-10-7-13(5-6-20-10)22-18(24)17-15-9-25-16-8-12(19)3-4-14(16)23(15)11(2)21-17/h3-8H,9H2,1-2H3,(H,20,22,24). The van der Waals surface area contributed by atoms with E-state index in [1.165, 1.54) is 0 Å². The summed E-state index contributed by atoms with van der Waals surface area (Å²) in [5.41, 5.74) is 3.94. The van der Waals surface area contributed by atoms with E-state index in [9.17, 15) is 4.79 Å². The number of benzene rings is 1. The highest BCUT2D eigenvalue weighted by atomic mass is 35.5. The zero-order valence-electron chi connectivity index (χ0n) is 13.7. The number of rotatable bonds is 2. The van der Waals surface area contributed by atoms with Gasteiger partial charge in [0.05, 0.1) is 11.4 Å². The fourth-order valence-corrected chi connectivity index (χ4v) is 4.27. The van der Waals surface area contributed by atoms with Gasteiger partial charge in [0, 0.05) is 33.2 Å². The number of anilines is 1. The molecule has 25 heavy (non-hydrogen) atoms. The van der Waals surface area contributed by atoms with E-state index in [0.29, 0.717) is 22.2 Å². The van der Waals surface area contributed by atoms with Crippen molar-refractivity contribution in [1.29, 1.82) is 0 Å². The molecule has 5 nitrogen and oxygen atoms in total. The van der Waals surface area contributed by atoms with Crippen molar-refractivity contribution in [3.05, 3.63) is 64.5 Å². The van der Waals surface area contributed by atoms with Crippen LogP contribution in [0.3, 0.4) is 0 Å². The SMILES string of the molecule is Cc1cc(NC(=O)c2nc(C)n3c2CSc2cc(Cl)ccc2-3)ccn1. The van der Waals surface area contributed by atoms with Crippen LogP contribution in [0.5, 0.6) is 0 Å². The highest BCUT2D eigenvalue weighted by Gasteiger charge is 2.26. The van der Waals surface area contributed by atoms with E-state index in [-0.39, 0.29) is 5.91 Å². The molecule has 1 aromatic carbocycles. The molecule has 1 aliphatic heterocycles. The number of nitrogens with one attached hydrogen (secondary N) is 1. The first-order valence-corrected chi connectivity index (χ1v) is 9.14. The molecule has 3 aromatic rings. The molecule has 126 valence electrons. The topological polar surface area (TPSA) is 59.8 Å². The second kappa shape index (κ2) is 6.20. The Bertz CT molecular complexity index is 999. The molecule has 0 saturated heterocycles. The summed E-state index contributed by atoms with van der Waals surface area (Å²) in [6.45, 7) is 3.79. The molecule has 1 aliphatic rings. The Morgan fingerprint density at radius 1 is 1.28 bits per heavy atom. The molecule has 0 unspecified atom stereocenters. The number of fused-ring (bicyclic) bond motifs is 3. The molecule has 3 heterocycles. The van der Waals surface area contributed by atoms with Crippen molar-refractivity contribution in [3.63, 3.8) is 0 Å². The largest absolute Gasteiger partial charge is 0.320 e. The number of halogens is 1. The number of pyridine rings is 1. The van der Waals surface area contributed by atoms with Crippen LogP contribution in [0.15, 0.2) is 41.4 Å². The van der Waals surface area contributed by atoms with Crippen LogP contribution in [0.2, 0.25) is 5.02 Å². The van der Waals surface area contributed by atoms with E-state index >= 15 is 0 Å². The number of carbonyl (C=O) groups excluding carboxylic acids is 1. The van der Waals surface area contributed by atoms with E-state index in [2.05, 4.69) is 15.3 Å². The third kappa shape index (κ3) is 2.92. The lowest BCUT2D eigenvalue weighted by atomic mass is 10.2. The number of hydrogen-bond acceptors (Lipinski definition) is 4. The normalized spacial score (nSPS) is 12.4. The quantitative estimate of drug-likeness (QED) is 0.726. The van der Waals surface area contributed by atoms with Crippen molar-refractivity contribution in [2.45, 2.75) is 24.5 Å². The molecule has 7 heteroatoms. The molecule has 0 saturated carbocycles. The summed E-state index contributed by atoms with van der Waals surface area (Å²) in [5.74, 6) is 1.25. The third-order valence-electron chi connectivity index (χ3n) is 4.04. The lowest BCUT2D eigenvalue weighted by Crippen LogP contribution is -2.16. The zero-order valence-corrected chi connectivity index (χ0v) is 15.3. The number of imidazole rings is 1. The number of carbonyl (C=O) groups is 1. The molecule has 1 N–H and O–H groups in total. The lowest BCUT2D eigenvalue weighted by molar-refractivity contribution is 0.102. The monoisotopic (exact) mass is 370 g/mol. The van der Waals surface area contributed by atoms with Crippen molar-refractivity contribution < 1.29 is 4.79 Å². The Balaban J connectivity index is 1.73. The van der Waals surface area contributed by atoms with Crippen molar-refractivity contribution in [2.24, 2.45) is 0 Å². The molecular formula is C18H15ClN4OS. The van der Waals surface area contributed by atoms with Gasteiger partial charge in [-0.1, -0.05) is 11.6 Å². The highest BCUT2D eigenvalue weighted by Crippen LogP contribution is 2.38. The molecule has 0 bridgehead atoms. The van der Waals surface area contributed by atoms with Gasteiger partial charge in [-0.05, 0) is 44.2 Å². The van der Waals surface area contributed by atoms with E-state index in [1.807, 2.05) is 42.7 Å². The fourth-order valence-electron chi connectivity index (χ4n) is 2.96. The van der Waals surface area contributed by atoms with Gasteiger partial charge in [0.15, 0.2) is 5.69 Å². The smallest absolute Gasteiger partial charge is 0.276 e. The Kier molecular flexibility index (Phi) is 4.01. The predicted molar refractivity (Wildman–Crippen MR) is 99.8 cm³/mol. The number of thioether (sulfide) groups is 1. The predicted octanol–water partition coefficient (Wildman–Crippen LogP) is 4.40. The summed E-state index contributed by atoms with van der Waals surface area (Å²) in [7, 11) is 0. The van der Waals surface area contributed by atoms with Gasteiger partial charge in [0.25, 0.3) is 5.91 Å². The minimum atomic E-state index is -0.208. The molecule has 1 amide bonds. The maximum atomic E-state index is 12.7. The van der Waals surface area contributed by atoms with Gasteiger partial charge in [0.1, 0.15) is 5.82 Å². The molecule has 0 radical (unpaired) electrons. The number of nitrogens with zero attached hydrogens (tertiary/aromatic N) is 3. The van der Waals surface area contributed by atoms with Crippen molar-refractivity contribution in [1.82, 2.24) is 14.5 Å². The van der Waals surface area contributed by atoms with Gasteiger partial charge in [-0.3, -0.25) is 14.3 Å². The van der Waals surface area contributed by atoms with Crippen LogP contribution in [0, 0.1) is 13.8 Å². The second-order valence-electron chi connectivity index (χ2n) is 5.83. The first kappa shape index (κ1) is 16.2. The first-order chi connectivity index (χ1) is 12.0. The molecule has 0 atom stereocenters. The minimum absolute atomic E-state index is 0.208. The van der Waals surface area contributed by atoms with Crippen LogP contribution in [0.1, 0.15) is 27.7 Å². The number of aromatic nitrogens is 3. The Labute approximate surface area is 154 Å². The van der Waals surface area contributed by atoms with Gasteiger partial charge < -0.3 is 5.32 Å². The van der Waals surface area contributed by atoms with Crippen molar-refractivity contribution in [3.8, 4) is 5.69 Å². The van der Waals surface area contributed by atoms with Crippen LogP contribution in [0.4, 0.5) is 5.69 Å². The van der Waals surface area contributed by atoms with Crippen LogP contribution in [-0.2, 0) is 5.75 Å². The Hall–Kier alpha value is -2.31. The zero-order chi connectivity index (χ0) is 17.6. The molecule has 4 rings (SSSR count). The summed E-state index contributed by atoms with van der Waals surface area (Å²) >= 11 is 7.76. The number of aryl methyl sites for hydroxylation is 2. The molecular weight excluding hydrogens is 356 g/mol. The van der Waals surface area contributed by atoms with Gasteiger partial charge >= 0.3 is 0 Å². The highest BCUT2D eigenvalue weighted by molar-refractivity contribution is 7.98. The Morgan fingerprint density at radius 3 is 2.92 bits per heavy atom. The van der Waals surface area contributed by atoms with Crippen LogP contribution < -0.4 is 5.32 Å². The first-order valence-electron chi connectivity index (χ1n) is 7.78. The summed E-state index contributed by atoms with van der Waals surface area (Å²) in [6, 6.07) is 9.37. The van der Waals surface area contributed by atoms with E-state index < -0.39 is 0 Å². The van der Waals surface area contributed by atoms with E-state index in [1.54, 1.807) is 24.0 Å². The fraction of sp³-hybridized carbons (Fsp3) is 0.167. The number of amides is 1. The molecule has 2 aromatic heterocycles. The summed E-state index contributed by atoms with van der Waals surface area (Å²) in [5, 5.41) is 3.62. The van der Waals surface area contributed by atoms with Gasteiger partial charge in [0.2, 0.25) is 0 Å². The summed E-state index contributed by atoms with van der Waals surface area (Å²) < 4.78 is 2.04. The summed E-state index contributed by atoms with van der Waals surface area (Å²) in [6.07, 6.45) is 1.68. The minimum Gasteiger partial charge on any atom is -0.320 e. The average molecular weight is 371 g/mol. The van der Waals surface area contributed by atoms with Gasteiger partial charge in [-0.15, -0.1) is 11.8 Å². The van der Waals surface area contributed by atoms with E-state index in [4.69, 9.17) is 11.6 Å². The molecule has 0 fully saturated rings. The molecule has 0 spiro atoms. The second-order valence-corrected chi connectivity index (χ2v) is 7.28.